The van der Waals surface area contributed by atoms with Gasteiger partial charge >= 0.3 is 0 Å². The van der Waals surface area contributed by atoms with Crippen LogP contribution in [0.15, 0.2) is 0 Å². The van der Waals surface area contributed by atoms with Gasteiger partial charge in [0.05, 0.1) is 0 Å². The minimum Gasteiger partial charge on any atom is -0.378 e. The third-order valence-corrected chi connectivity index (χ3v) is 1.99. The summed E-state index contributed by atoms with van der Waals surface area (Å²) in [7, 11) is 0. The van der Waals surface area contributed by atoms with Gasteiger partial charge in [-0.25, -0.2) is 0 Å². The van der Waals surface area contributed by atoms with Crippen LogP contribution in [0.4, 0.5) is 0 Å². The van der Waals surface area contributed by atoms with E-state index in [9.17, 15) is 5.11 Å². The summed E-state index contributed by atoms with van der Waals surface area (Å²) >= 11 is 0. The maximum atomic E-state index is 9.29. The molecule has 1 aliphatic heterocycles. The van der Waals surface area contributed by atoms with Crippen molar-refractivity contribution < 1.29 is 5.11 Å². The molecular weight excluding hydrogens is 114 g/mol. The quantitative estimate of drug-likeness (QED) is 0.562. The van der Waals surface area contributed by atoms with E-state index in [1.807, 2.05) is 0 Å². The van der Waals surface area contributed by atoms with Gasteiger partial charge in [-0.3, -0.25) is 4.90 Å². The second-order valence-corrected chi connectivity index (χ2v) is 2.91. The largest absolute Gasteiger partial charge is 0.378 e. The molecule has 1 fully saturated rings. The second-order valence-electron chi connectivity index (χ2n) is 2.91. The fourth-order valence-electron chi connectivity index (χ4n) is 1.45. The zero-order chi connectivity index (χ0) is 6.85. The lowest BCUT2D eigenvalue weighted by molar-refractivity contribution is 0.0422. The molecule has 2 atom stereocenters. The molecule has 2 heteroatoms. The van der Waals surface area contributed by atoms with Crippen LogP contribution in [0, 0.1) is 5.92 Å². The van der Waals surface area contributed by atoms with Gasteiger partial charge in [0.25, 0.3) is 0 Å². The first-order chi connectivity index (χ1) is 4.24. The van der Waals surface area contributed by atoms with Crippen molar-refractivity contribution in [3.05, 3.63) is 0 Å². The van der Waals surface area contributed by atoms with Crippen molar-refractivity contribution in [3.8, 4) is 0 Å². The van der Waals surface area contributed by atoms with E-state index >= 15 is 0 Å². The maximum Gasteiger partial charge on any atom is 0.107 e. The Morgan fingerprint density at radius 1 is 1.67 bits per heavy atom. The minimum atomic E-state index is -0.162. The number of aliphatic hydroxyl groups excluding tert-OH is 1. The Labute approximate surface area is 56.5 Å². The van der Waals surface area contributed by atoms with Crippen LogP contribution < -0.4 is 0 Å². The molecule has 0 amide bonds. The Kier molecular flexibility index (Phi) is 2.09. The van der Waals surface area contributed by atoms with Crippen LogP contribution in [-0.4, -0.2) is 29.3 Å². The summed E-state index contributed by atoms with van der Waals surface area (Å²) in [5.74, 6) is 0.681. The van der Waals surface area contributed by atoms with E-state index in [2.05, 4.69) is 18.7 Å². The molecule has 2 unspecified atom stereocenters. The Bertz CT molecular complexity index is 94.9. The third kappa shape index (κ3) is 1.43. The zero-order valence-corrected chi connectivity index (χ0v) is 6.17. The molecule has 0 saturated carbocycles. The second kappa shape index (κ2) is 2.67. The molecule has 1 heterocycles. The molecular formula is C7H15NO. The van der Waals surface area contributed by atoms with Gasteiger partial charge in [0, 0.05) is 6.54 Å². The van der Waals surface area contributed by atoms with Crippen LogP contribution in [0.25, 0.3) is 0 Å². The molecule has 0 bridgehead atoms. The Morgan fingerprint density at radius 3 is 2.56 bits per heavy atom. The number of likely N-dealkylation sites (tertiary alicyclic amines) is 1. The lowest BCUT2D eigenvalue weighted by Gasteiger charge is -2.16. The first kappa shape index (κ1) is 7.03. The summed E-state index contributed by atoms with van der Waals surface area (Å²) in [4.78, 5) is 2.10. The van der Waals surface area contributed by atoms with Gasteiger partial charge in [0.15, 0.2) is 0 Å². The van der Waals surface area contributed by atoms with Crippen LogP contribution in [0.5, 0.6) is 0 Å². The summed E-state index contributed by atoms with van der Waals surface area (Å²) in [5.41, 5.74) is 0. The minimum absolute atomic E-state index is 0.162. The van der Waals surface area contributed by atoms with Gasteiger partial charge in [-0.15, -0.1) is 0 Å². The van der Waals surface area contributed by atoms with E-state index in [1.54, 1.807) is 0 Å². The summed E-state index contributed by atoms with van der Waals surface area (Å²) < 4.78 is 0. The molecule has 0 aromatic rings. The smallest absolute Gasteiger partial charge is 0.107 e. The molecule has 0 radical (unpaired) electrons. The molecule has 9 heavy (non-hydrogen) atoms. The lowest BCUT2D eigenvalue weighted by atomic mass is 10.1. The van der Waals surface area contributed by atoms with E-state index in [0.717, 1.165) is 19.5 Å². The molecule has 0 aromatic carbocycles. The molecule has 1 aliphatic rings. The van der Waals surface area contributed by atoms with Crippen molar-refractivity contribution >= 4 is 0 Å². The molecule has 1 saturated heterocycles. The fourth-order valence-corrected chi connectivity index (χ4v) is 1.45. The topological polar surface area (TPSA) is 23.5 Å². The highest BCUT2D eigenvalue weighted by molar-refractivity contribution is 4.74. The van der Waals surface area contributed by atoms with Gasteiger partial charge in [-0.1, -0.05) is 13.8 Å². The van der Waals surface area contributed by atoms with Crippen molar-refractivity contribution in [3.63, 3.8) is 0 Å². The van der Waals surface area contributed by atoms with E-state index in [1.165, 1.54) is 0 Å². The Hall–Kier alpha value is -0.0800. The van der Waals surface area contributed by atoms with Crippen molar-refractivity contribution in [2.75, 3.05) is 13.1 Å². The Morgan fingerprint density at radius 2 is 2.33 bits per heavy atom. The predicted molar refractivity (Wildman–Crippen MR) is 37.0 cm³/mol. The van der Waals surface area contributed by atoms with E-state index in [0.29, 0.717) is 5.92 Å². The highest BCUT2D eigenvalue weighted by Crippen LogP contribution is 2.19. The summed E-state index contributed by atoms with van der Waals surface area (Å²) in [6, 6.07) is 0. The summed E-state index contributed by atoms with van der Waals surface area (Å²) in [6.45, 7) is 6.31. The number of aliphatic hydroxyl groups is 1. The molecule has 1 rings (SSSR count). The van der Waals surface area contributed by atoms with Gasteiger partial charge in [-0.05, 0) is 18.9 Å². The van der Waals surface area contributed by atoms with E-state index in [4.69, 9.17) is 0 Å². The van der Waals surface area contributed by atoms with Crippen molar-refractivity contribution in [1.82, 2.24) is 4.90 Å². The molecule has 2 nitrogen and oxygen atoms in total. The molecule has 54 valence electrons. The maximum absolute atomic E-state index is 9.29. The molecule has 0 aromatic heterocycles. The van der Waals surface area contributed by atoms with Crippen LogP contribution in [-0.2, 0) is 0 Å². The van der Waals surface area contributed by atoms with Gasteiger partial charge in [-0.2, -0.15) is 0 Å². The highest BCUT2D eigenvalue weighted by atomic mass is 16.3. The average molecular weight is 129 g/mol. The van der Waals surface area contributed by atoms with Crippen LogP contribution in [0.2, 0.25) is 0 Å². The van der Waals surface area contributed by atoms with Crippen molar-refractivity contribution in [1.29, 1.82) is 0 Å². The Balaban J connectivity index is 2.38. The molecule has 0 spiro atoms. The normalized spacial score (nSPS) is 37.7. The van der Waals surface area contributed by atoms with Gasteiger partial charge < -0.3 is 5.11 Å². The van der Waals surface area contributed by atoms with E-state index < -0.39 is 0 Å². The van der Waals surface area contributed by atoms with Crippen LogP contribution in [0.1, 0.15) is 20.3 Å². The number of hydrogen-bond acceptors (Lipinski definition) is 2. The van der Waals surface area contributed by atoms with Gasteiger partial charge in [0.2, 0.25) is 0 Å². The van der Waals surface area contributed by atoms with Crippen LogP contribution >= 0.6 is 0 Å². The van der Waals surface area contributed by atoms with Gasteiger partial charge in [0.1, 0.15) is 6.23 Å². The number of hydrogen-bond donors (Lipinski definition) is 1. The summed E-state index contributed by atoms with van der Waals surface area (Å²) in [6.07, 6.45) is 0.790. The summed E-state index contributed by atoms with van der Waals surface area (Å²) in [5, 5.41) is 9.29. The lowest BCUT2D eigenvalue weighted by Crippen LogP contribution is -2.28. The SMILES string of the molecule is CCN1CC(C)CC1O. The fraction of sp³-hybridized carbons (Fsp3) is 1.00. The first-order valence-electron chi connectivity index (χ1n) is 3.66. The van der Waals surface area contributed by atoms with E-state index in [-0.39, 0.29) is 6.23 Å². The molecule has 1 N–H and O–H groups in total. The third-order valence-electron chi connectivity index (χ3n) is 1.99. The van der Waals surface area contributed by atoms with Crippen molar-refractivity contribution in [2.24, 2.45) is 5.92 Å². The predicted octanol–water partition coefficient (Wildman–Crippen LogP) is 0.666. The number of nitrogens with zero attached hydrogens (tertiary/aromatic N) is 1. The number of rotatable bonds is 1. The zero-order valence-electron chi connectivity index (χ0n) is 6.17. The monoisotopic (exact) mass is 129 g/mol. The van der Waals surface area contributed by atoms with Crippen molar-refractivity contribution in [2.45, 2.75) is 26.5 Å². The first-order valence-corrected chi connectivity index (χ1v) is 3.66. The average Bonchev–Trinajstić information content (AvgIpc) is 2.10. The highest BCUT2D eigenvalue weighted by Gasteiger charge is 2.25. The standard InChI is InChI=1S/C7H15NO/c1-3-8-5-6(2)4-7(8)9/h6-7,9H,3-5H2,1-2H3. The molecule has 0 aliphatic carbocycles. The van der Waals surface area contributed by atoms with Crippen LogP contribution in [0.3, 0.4) is 0 Å².